The van der Waals surface area contributed by atoms with Gasteiger partial charge in [-0.3, -0.25) is 25.1 Å². The van der Waals surface area contributed by atoms with E-state index in [2.05, 4.69) is 25.5 Å². The molecule has 5 rings (SSSR count). The first-order valence-corrected chi connectivity index (χ1v) is 8.47. The smallest absolute Gasteiger partial charge is 0.270 e. The number of hydrogen-bond donors (Lipinski definition) is 3. The lowest BCUT2D eigenvalue weighted by atomic mass is 10.1. The van der Waals surface area contributed by atoms with Crippen LogP contribution in [0, 0.1) is 10.1 Å². The number of anilines is 1. The molecule has 0 amide bonds. The zero-order valence-electron chi connectivity index (χ0n) is 14.4. The summed E-state index contributed by atoms with van der Waals surface area (Å²) in [7, 11) is 0. The lowest BCUT2D eigenvalue weighted by Crippen LogP contribution is -2.31. The average molecular weight is 374 g/mol. The molecule has 10 heteroatoms. The number of nitrogens with zero attached hydrogens (tertiary/aromatic N) is 5. The molecular formula is C18H14N8O2. The van der Waals surface area contributed by atoms with Gasteiger partial charge in [0.1, 0.15) is 0 Å². The van der Waals surface area contributed by atoms with Crippen molar-refractivity contribution in [2.75, 3.05) is 5.32 Å². The van der Waals surface area contributed by atoms with E-state index in [1.165, 1.54) is 12.1 Å². The summed E-state index contributed by atoms with van der Waals surface area (Å²) in [6.45, 7) is 0. The Bertz CT molecular complexity index is 1260. The van der Waals surface area contributed by atoms with Crippen molar-refractivity contribution in [3.05, 3.63) is 70.4 Å². The van der Waals surface area contributed by atoms with E-state index in [-0.39, 0.29) is 11.6 Å². The Morgan fingerprint density at radius 3 is 2.89 bits per heavy atom. The van der Waals surface area contributed by atoms with Crippen molar-refractivity contribution in [1.82, 2.24) is 19.7 Å². The first-order chi connectivity index (χ1) is 13.6. The second-order valence-corrected chi connectivity index (χ2v) is 6.31. The third-order valence-electron chi connectivity index (χ3n) is 4.63. The number of para-hydroxylation sites is 2. The fraction of sp³-hybridized carbons (Fsp3) is 0.0556. The van der Waals surface area contributed by atoms with E-state index in [4.69, 9.17) is 5.73 Å². The molecule has 10 nitrogen and oxygen atoms in total. The van der Waals surface area contributed by atoms with Crippen molar-refractivity contribution in [3.63, 3.8) is 0 Å². The van der Waals surface area contributed by atoms with Gasteiger partial charge in [0.15, 0.2) is 12.1 Å². The lowest BCUT2D eigenvalue weighted by molar-refractivity contribution is -0.384. The number of aliphatic imine (C=N–C) groups is 1. The van der Waals surface area contributed by atoms with Gasteiger partial charge in [-0.05, 0) is 12.1 Å². The van der Waals surface area contributed by atoms with E-state index in [9.17, 15) is 10.1 Å². The van der Waals surface area contributed by atoms with E-state index in [1.807, 2.05) is 28.8 Å². The molecular weight excluding hydrogens is 360 g/mol. The molecule has 2 aromatic carbocycles. The van der Waals surface area contributed by atoms with Gasteiger partial charge < -0.3 is 5.73 Å². The summed E-state index contributed by atoms with van der Waals surface area (Å²) < 4.78 is 1.93. The molecule has 1 atom stereocenters. The molecule has 2 aromatic heterocycles. The standard InChI is InChI=1S/C18H14N8O2/c19-17-22-16(25-14-7-2-1-6-13(14)21-18(25)23-17)12-9-20-24-15(12)10-4-3-5-11(8-10)26(27)28/h1-9,16H,(H,20,24)(H3,19,21,22,23)/t16-/m0/s1. The fourth-order valence-corrected chi connectivity index (χ4v) is 3.42. The van der Waals surface area contributed by atoms with Gasteiger partial charge in [0, 0.05) is 23.3 Å². The summed E-state index contributed by atoms with van der Waals surface area (Å²) in [5.41, 5.74) is 9.68. The minimum absolute atomic E-state index is 0.000135. The van der Waals surface area contributed by atoms with E-state index < -0.39 is 11.1 Å². The number of H-pyrrole nitrogens is 1. The second kappa shape index (κ2) is 5.91. The Hall–Kier alpha value is -4.21. The molecule has 1 aliphatic rings. The molecule has 4 N–H and O–H groups in total. The fourth-order valence-electron chi connectivity index (χ4n) is 3.42. The van der Waals surface area contributed by atoms with Crippen LogP contribution >= 0.6 is 0 Å². The lowest BCUT2D eigenvalue weighted by Gasteiger charge is -2.23. The van der Waals surface area contributed by atoms with Crippen LogP contribution in [-0.4, -0.2) is 30.6 Å². The number of hydrogen-bond acceptors (Lipinski definition) is 7. The van der Waals surface area contributed by atoms with Gasteiger partial charge in [-0.2, -0.15) is 5.10 Å². The summed E-state index contributed by atoms with van der Waals surface area (Å²) in [4.78, 5) is 19.8. The molecule has 3 heterocycles. The Balaban J connectivity index is 1.70. The third-order valence-corrected chi connectivity index (χ3v) is 4.63. The topological polar surface area (TPSA) is 140 Å². The maximum atomic E-state index is 11.1. The Labute approximate surface area is 157 Å². The molecule has 138 valence electrons. The zero-order chi connectivity index (χ0) is 19.3. The Kier molecular flexibility index (Phi) is 3.38. The summed E-state index contributed by atoms with van der Waals surface area (Å²) >= 11 is 0. The number of nitrogens with two attached hydrogens (primary N) is 1. The van der Waals surface area contributed by atoms with Gasteiger partial charge in [-0.15, -0.1) is 0 Å². The second-order valence-electron chi connectivity index (χ2n) is 6.31. The molecule has 0 fully saturated rings. The number of guanidine groups is 1. The minimum Gasteiger partial charge on any atom is -0.370 e. The first kappa shape index (κ1) is 16.0. The molecule has 0 aliphatic carbocycles. The summed E-state index contributed by atoms with van der Waals surface area (Å²) in [5, 5.41) is 21.2. The van der Waals surface area contributed by atoms with E-state index in [0.717, 1.165) is 16.6 Å². The van der Waals surface area contributed by atoms with Crippen molar-refractivity contribution in [3.8, 4) is 11.3 Å². The molecule has 0 saturated heterocycles. The van der Waals surface area contributed by atoms with Gasteiger partial charge in [-0.25, -0.2) is 9.98 Å². The van der Waals surface area contributed by atoms with Crippen molar-refractivity contribution >= 4 is 28.6 Å². The summed E-state index contributed by atoms with van der Waals surface area (Å²) in [6.07, 6.45) is 1.14. The summed E-state index contributed by atoms with van der Waals surface area (Å²) in [6, 6.07) is 14.1. The van der Waals surface area contributed by atoms with Crippen LogP contribution in [-0.2, 0) is 0 Å². The minimum atomic E-state index is -0.517. The number of aromatic nitrogens is 4. The predicted octanol–water partition coefficient (Wildman–Crippen LogP) is 2.62. The van der Waals surface area contributed by atoms with Gasteiger partial charge in [0.2, 0.25) is 5.95 Å². The van der Waals surface area contributed by atoms with Gasteiger partial charge in [-0.1, -0.05) is 24.3 Å². The quantitative estimate of drug-likeness (QED) is 0.372. The molecule has 4 aromatic rings. The van der Waals surface area contributed by atoms with Crippen LogP contribution in [0.3, 0.4) is 0 Å². The van der Waals surface area contributed by atoms with Crippen LogP contribution in [0.2, 0.25) is 0 Å². The van der Waals surface area contributed by atoms with E-state index in [1.54, 1.807) is 18.3 Å². The van der Waals surface area contributed by atoms with E-state index in [0.29, 0.717) is 17.2 Å². The van der Waals surface area contributed by atoms with Crippen molar-refractivity contribution in [1.29, 1.82) is 0 Å². The van der Waals surface area contributed by atoms with Gasteiger partial charge >= 0.3 is 0 Å². The van der Waals surface area contributed by atoms with Crippen molar-refractivity contribution < 1.29 is 4.92 Å². The highest BCUT2D eigenvalue weighted by atomic mass is 16.6. The highest BCUT2D eigenvalue weighted by molar-refractivity contribution is 5.95. The number of rotatable bonds is 3. The number of nitrogens with one attached hydrogen (secondary N) is 2. The number of aromatic amines is 1. The SMILES string of the molecule is NC1=N[C@H](c2cn[nH]c2-c2cccc([N+](=O)[O-])c2)n2c(nc3ccccc32)N1. The Morgan fingerprint density at radius 2 is 2.04 bits per heavy atom. The molecule has 1 aliphatic heterocycles. The predicted molar refractivity (Wildman–Crippen MR) is 104 cm³/mol. The molecule has 0 bridgehead atoms. The van der Waals surface area contributed by atoms with Crippen LogP contribution in [0.25, 0.3) is 22.3 Å². The highest BCUT2D eigenvalue weighted by Crippen LogP contribution is 2.36. The maximum absolute atomic E-state index is 11.1. The third kappa shape index (κ3) is 2.39. The normalized spacial score (nSPS) is 15.7. The summed E-state index contributed by atoms with van der Waals surface area (Å²) in [5.74, 6) is 0.809. The molecule has 0 radical (unpaired) electrons. The van der Waals surface area contributed by atoms with Crippen LogP contribution in [0.4, 0.5) is 11.6 Å². The van der Waals surface area contributed by atoms with Gasteiger partial charge in [0.25, 0.3) is 5.69 Å². The highest BCUT2D eigenvalue weighted by Gasteiger charge is 2.28. The number of non-ortho nitro benzene ring substituents is 1. The van der Waals surface area contributed by atoms with E-state index >= 15 is 0 Å². The zero-order valence-corrected chi connectivity index (χ0v) is 14.4. The number of benzene rings is 2. The Morgan fingerprint density at radius 1 is 1.18 bits per heavy atom. The monoisotopic (exact) mass is 374 g/mol. The molecule has 0 unspecified atom stereocenters. The van der Waals surface area contributed by atoms with Crippen LogP contribution in [0.15, 0.2) is 59.7 Å². The molecule has 0 saturated carbocycles. The van der Waals surface area contributed by atoms with Crippen LogP contribution < -0.4 is 11.1 Å². The first-order valence-electron chi connectivity index (χ1n) is 8.47. The van der Waals surface area contributed by atoms with Crippen molar-refractivity contribution in [2.45, 2.75) is 6.17 Å². The van der Waals surface area contributed by atoms with Crippen LogP contribution in [0.5, 0.6) is 0 Å². The van der Waals surface area contributed by atoms with Crippen molar-refractivity contribution in [2.24, 2.45) is 10.7 Å². The number of nitro benzene ring substituents is 1. The largest absolute Gasteiger partial charge is 0.370 e. The number of imidazole rings is 1. The molecule has 0 spiro atoms. The maximum Gasteiger partial charge on any atom is 0.270 e. The van der Waals surface area contributed by atoms with Gasteiger partial charge in [0.05, 0.1) is 27.8 Å². The average Bonchev–Trinajstić information content (AvgIpc) is 3.32. The number of fused-ring (bicyclic) bond motifs is 3. The van der Waals surface area contributed by atoms with Crippen LogP contribution in [0.1, 0.15) is 11.7 Å². The number of nitro groups is 1. The molecule has 28 heavy (non-hydrogen) atoms.